The van der Waals surface area contributed by atoms with Gasteiger partial charge in [0.2, 0.25) is 0 Å². The minimum absolute atomic E-state index is 0.201. The third-order valence-electron chi connectivity index (χ3n) is 6.74. The van der Waals surface area contributed by atoms with Gasteiger partial charge in [0.05, 0.1) is 30.0 Å². The fourth-order valence-corrected chi connectivity index (χ4v) is 5.73. The summed E-state index contributed by atoms with van der Waals surface area (Å²) in [6.45, 7) is 7.60. The number of morpholine rings is 1. The van der Waals surface area contributed by atoms with Crippen molar-refractivity contribution in [2.75, 3.05) is 33.0 Å². The highest BCUT2D eigenvalue weighted by molar-refractivity contribution is 7.99. The van der Waals surface area contributed by atoms with Crippen molar-refractivity contribution in [2.45, 2.75) is 63.4 Å². The Morgan fingerprint density at radius 2 is 1.88 bits per heavy atom. The van der Waals surface area contributed by atoms with E-state index in [9.17, 15) is 17.6 Å². The van der Waals surface area contributed by atoms with E-state index in [1.165, 1.54) is 36.0 Å². The largest absolute Gasteiger partial charge is 0.417 e. The summed E-state index contributed by atoms with van der Waals surface area (Å²) in [7, 11) is 3.90. The summed E-state index contributed by atoms with van der Waals surface area (Å²) in [6, 6.07) is 10.0. The van der Waals surface area contributed by atoms with Gasteiger partial charge in [0, 0.05) is 30.3 Å². The maximum atomic E-state index is 14.0. The number of benzene rings is 2. The summed E-state index contributed by atoms with van der Waals surface area (Å²) in [6.07, 6.45) is -6.02. The lowest BCUT2D eigenvalue weighted by molar-refractivity contribution is -0.231. The van der Waals surface area contributed by atoms with Crippen LogP contribution >= 0.6 is 11.8 Å². The molecule has 2 aromatic carbocycles. The first-order valence-corrected chi connectivity index (χ1v) is 14.5. The number of aromatic nitrogens is 3. The Hall–Kier alpha value is -2.51. The molecule has 41 heavy (non-hydrogen) atoms. The maximum absolute atomic E-state index is 14.0. The van der Waals surface area contributed by atoms with Gasteiger partial charge < -0.3 is 14.4 Å². The van der Waals surface area contributed by atoms with Gasteiger partial charge in [0.25, 0.3) is 0 Å². The van der Waals surface area contributed by atoms with Gasteiger partial charge in [-0.1, -0.05) is 37.3 Å². The molecule has 4 rings (SSSR count). The van der Waals surface area contributed by atoms with Crippen molar-refractivity contribution in [3.05, 3.63) is 76.4 Å². The standard InChI is InChI=1S/C29H37F4N5O2S/c1-18(2)17-41-26-11-8-21(14-23(26)29(31,32)33)19(3)40-28-27(20-6-9-22(30)10-7-20)38(12-13-39-28)16-25-24(15-37(4)5)34-36-35-25/h6-11,14,18-19,27-28H,12-13,15-17H2,1-5H3,(H,34,35,36)/t19-,27?,28?/m1/s1. The van der Waals surface area contributed by atoms with E-state index in [2.05, 4.69) is 20.3 Å². The van der Waals surface area contributed by atoms with Gasteiger partial charge in [0.1, 0.15) is 11.5 Å². The Kier molecular flexibility index (Phi) is 10.5. The summed E-state index contributed by atoms with van der Waals surface area (Å²) in [5.41, 5.74) is 2.13. The molecule has 0 radical (unpaired) electrons. The van der Waals surface area contributed by atoms with Crippen molar-refractivity contribution in [1.29, 1.82) is 0 Å². The van der Waals surface area contributed by atoms with Crippen LogP contribution in [0.15, 0.2) is 47.4 Å². The molecule has 1 aliphatic rings. The lowest BCUT2D eigenvalue weighted by atomic mass is 10.0. The van der Waals surface area contributed by atoms with E-state index in [4.69, 9.17) is 9.47 Å². The average molecular weight is 596 g/mol. The fraction of sp³-hybridized carbons (Fsp3) is 0.517. The van der Waals surface area contributed by atoms with E-state index in [0.717, 1.165) is 17.0 Å². The van der Waals surface area contributed by atoms with E-state index >= 15 is 0 Å². The summed E-state index contributed by atoms with van der Waals surface area (Å²) in [4.78, 5) is 4.33. The third kappa shape index (κ3) is 8.29. The van der Waals surface area contributed by atoms with E-state index in [0.29, 0.717) is 37.6 Å². The second-order valence-electron chi connectivity index (χ2n) is 10.9. The Morgan fingerprint density at radius 1 is 1.15 bits per heavy atom. The molecule has 2 heterocycles. The van der Waals surface area contributed by atoms with Crippen LogP contribution in [0, 0.1) is 11.7 Å². The van der Waals surface area contributed by atoms with Gasteiger partial charge in [-0.2, -0.15) is 13.2 Å². The Morgan fingerprint density at radius 3 is 2.54 bits per heavy atom. The van der Waals surface area contributed by atoms with Gasteiger partial charge in [-0.25, -0.2) is 4.39 Å². The van der Waals surface area contributed by atoms with Crippen molar-refractivity contribution < 1.29 is 27.0 Å². The zero-order valence-electron chi connectivity index (χ0n) is 23.9. The normalized spacial score (nSPS) is 19.3. The molecule has 0 saturated carbocycles. The fourth-order valence-electron chi connectivity index (χ4n) is 4.72. The number of nitrogens with zero attached hydrogens (tertiary/aromatic N) is 4. The monoisotopic (exact) mass is 595 g/mol. The number of ether oxygens (including phenoxy) is 2. The number of hydrogen-bond acceptors (Lipinski definition) is 7. The Bertz CT molecular complexity index is 1270. The number of halogens is 4. The molecule has 7 nitrogen and oxygen atoms in total. The quantitative estimate of drug-likeness (QED) is 0.202. The number of nitrogens with one attached hydrogen (secondary N) is 1. The Labute approximate surface area is 242 Å². The molecule has 1 aliphatic heterocycles. The van der Waals surface area contributed by atoms with Crippen LogP contribution < -0.4 is 0 Å². The van der Waals surface area contributed by atoms with Crippen molar-refractivity contribution in [3.8, 4) is 0 Å². The Balaban J connectivity index is 1.61. The number of rotatable bonds is 11. The summed E-state index contributed by atoms with van der Waals surface area (Å²) in [5.74, 6) is 0.471. The molecular formula is C29H37F4N5O2S. The van der Waals surface area contributed by atoms with Crippen LogP contribution in [0.25, 0.3) is 0 Å². The highest BCUT2D eigenvalue weighted by Crippen LogP contribution is 2.40. The van der Waals surface area contributed by atoms with Gasteiger partial charge in [-0.05, 0) is 62.3 Å². The molecule has 1 saturated heterocycles. The maximum Gasteiger partial charge on any atom is 0.417 e. The summed E-state index contributed by atoms with van der Waals surface area (Å²) in [5, 5.41) is 11.2. The van der Waals surface area contributed by atoms with Crippen molar-refractivity contribution in [2.24, 2.45) is 5.92 Å². The first-order valence-electron chi connectivity index (χ1n) is 13.6. The number of alkyl halides is 3. The average Bonchev–Trinajstić information content (AvgIpc) is 3.33. The van der Waals surface area contributed by atoms with Crippen LogP contribution in [0.2, 0.25) is 0 Å². The van der Waals surface area contributed by atoms with Crippen LogP contribution in [0.1, 0.15) is 61.0 Å². The predicted octanol–water partition coefficient (Wildman–Crippen LogP) is 6.45. The van der Waals surface area contributed by atoms with E-state index < -0.39 is 30.2 Å². The molecule has 0 bridgehead atoms. The van der Waals surface area contributed by atoms with Gasteiger partial charge in [-0.3, -0.25) is 10.00 Å². The smallest absolute Gasteiger partial charge is 0.349 e. The molecule has 224 valence electrons. The molecule has 3 atom stereocenters. The lowest BCUT2D eigenvalue weighted by Gasteiger charge is -2.42. The van der Waals surface area contributed by atoms with Crippen molar-refractivity contribution in [3.63, 3.8) is 0 Å². The molecule has 2 unspecified atom stereocenters. The minimum atomic E-state index is -4.49. The van der Waals surface area contributed by atoms with Crippen LogP contribution in [-0.4, -0.2) is 64.5 Å². The SMILES string of the molecule is CC(C)CSc1ccc([C@@H](C)OC2OCCN(Cc3nn[nH]c3CN(C)C)C2c2ccc(F)cc2)cc1C(F)(F)F. The number of H-pyrrole nitrogens is 1. The zero-order chi connectivity index (χ0) is 29.7. The highest BCUT2D eigenvalue weighted by Gasteiger charge is 2.38. The topological polar surface area (TPSA) is 66.5 Å². The molecule has 0 spiro atoms. The van der Waals surface area contributed by atoms with Gasteiger partial charge in [-0.15, -0.1) is 16.9 Å². The summed E-state index contributed by atoms with van der Waals surface area (Å²) < 4.78 is 68.2. The number of hydrogen-bond donors (Lipinski definition) is 1. The zero-order valence-corrected chi connectivity index (χ0v) is 24.7. The van der Waals surface area contributed by atoms with Crippen molar-refractivity contribution in [1.82, 2.24) is 25.2 Å². The van der Waals surface area contributed by atoms with E-state index in [1.807, 2.05) is 32.8 Å². The number of thioether (sulfide) groups is 1. The highest BCUT2D eigenvalue weighted by atomic mass is 32.2. The second-order valence-corrected chi connectivity index (χ2v) is 12.0. The molecule has 0 aliphatic carbocycles. The van der Waals surface area contributed by atoms with Gasteiger partial charge in [0.15, 0.2) is 6.29 Å². The third-order valence-corrected chi connectivity index (χ3v) is 8.24. The molecule has 3 aromatic rings. The van der Waals surface area contributed by atoms with Crippen LogP contribution in [0.3, 0.4) is 0 Å². The molecule has 1 fully saturated rings. The molecular weight excluding hydrogens is 558 g/mol. The second kappa shape index (κ2) is 13.6. The first-order chi connectivity index (χ1) is 19.4. The van der Waals surface area contributed by atoms with E-state index in [-0.39, 0.29) is 16.6 Å². The molecule has 12 heteroatoms. The van der Waals surface area contributed by atoms with Crippen LogP contribution in [-0.2, 0) is 28.7 Å². The van der Waals surface area contributed by atoms with Crippen LogP contribution in [0.4, 0.5) is 17.6 Å². The molecule has 0 amide bonds. The minimum Gasteiger partial charge on any atom is -0.349 e. The molecule has 1 N–H and O–H groups in total. The predicted molar refractivity (Wildman–Crippen MR) is 150 cm³/mol. The summed E-state index contributed by atoms with van der Waals surface area (Å²) >= 11 is 1.20. The van der Waals surface area contributed by atoms with Crippen molar-refractivity contribution >= 4 is 11.8 Å². The number of aromatic amines is 1. The first kappa shape index (κ1) is 31.4. The van der Waals surface area contributed by atoms with Crippen LogP contribution in [0.5, 0.6) is 0 Å². The van der Waals surface area contributed by atoms with Gasteiger partial charge >= 0.3 is 6.18 Å². The van der Waals surface area contributed by atoms with E-state index in [1.54, 1.807) is 25.1 Å². The molecule has 1 aromatic heterocycles. The lowest BCUT2D eigenvalue weighted by Crippen LogP contribution is -2.46.